The lowest BCUT2D eigenvalue weighted by atomic mass is 10.2. The SMILES string of the molecule is CCC(Br)c1nnc(-c2ccc(F)cc2Cl)o1. The van der Waals surface area contributed by atoms with E-state index in [4.69, 9.17) is 16.0 Å². The highest BCUT2D eigenvalue weighted by Gasteiger charge is 2.16. The number of benzene rings is 1. The van der Waals surface area contributed by atoms with Crippen LogP contribution in [-0.4, -0.2) is 10.2 Å². The number of aromatic nitrogens is 2. The van der Waals surface area contributed by atoms with E-state index in [-0.39, 0.29) is 9.85 Å². The zero-order valence-electron chi connectivity index (χ0n) is 8.95. The van der Waals surface area contributed by atoms with Crippen LogP contribution < -0.4 is 0 Å². The van der Waals surface area contributed by atoms with Gasteiger partial charge in [0.25, 0.3) is 0 Å². The summed E-state index contributed by atoms with van der Waals surface area (Å²) in [4.78, 5) is 0.0166. The Balaban J connectivity index is 2.37. The second kappa shape index (κ2) is 5.14. The van der Waals surface area contributed by atoms with E-state index in [1.807, 2.05) is 6.92 Å². The number of nitrogens with zero attached hydrogens (tertiary/aromatic N) is 2. The van der Waals surface area contributed by atoms with E-state index in [9.17, 15) is 4.39 Å². The molecule has 0 saturated heterocycles. The van der Waals surface area contributed by atoms with Crippen LogP contribution in [0.4, 0.5) is 4.39 Å². The maximum absolute atomic E-state index is 12.9. The van der Waals surface area contributed by atoms with Crippen molar-refractivity contribution in [2.75, 3.05) is 0 Å². The van der Waals surface area contributed by atoms with E-state index in [0.29, 0.717) is 17.3 Å². The van der Waals surface area contributed by atoms with E-state index in [1.54, 1.807) is 0 Å². The molecule has 0 saturated carbocycles. The number of hydrogen-bond acceptors (Lipinski definition) is 3. The van der Waals surface area contributed by atoms with Gasteiger partial charge >= 0.3 is 0 Å². The number of rotatable bonds is 3. The Morgan fingerprint density at radius 3 is 2.88 bits per heavy atom. The average molecular weight is 320 g/mol. The van der Waals surface area contributed by atoms with Crippen LogP contribution in [-0.2, 0) is 0 Å². The highest BCUT2D eigenvalue weighted by atomic mass is 79.9. The molecule has 0 amide bonds. The van der Waals surface area contributed by atoms with E-state index in [2.05, 4.69) is 26.1 Å². The summed E-state index contributed by atoms with van der Waals surface area (Å²) in [7, 11) is 0. The van der Waals surface area contributed by atoms with Gasteiger partial charge in [0.05, 0.1) is 15.4 Å². The molecule has 0 aliphatic rings. The fraction of sp³-hybridized carbons (Fsp3) is 0.273. The Morgan fingerprint density at radius 1 is 1.47 bits per heavy atom. The van der Waals surface area contributed by atoms with Gasteiger partial charge in [-0.1, -0.05) is 34.5 Å². The second-order valence-corrected chi connectivity index (χ2v) is 4.96. The summed E-state index contributed by atoms with van der Waals surface area (Å²) < 4.78 is 18.4. The van der Waals surface area contributed by atoms with Crippen LogP contribution in [0.15, 0.2) is 22.6 Å². The Kier molecular flexibility index (Phi) is 3.79. The number of alkyl halides is 1. The molecule has 2 rings (SSSR count). The molecule has 0 aliphatic carbocycles. The van der Waals surface area contributed by atoms with Crippen molar-refractivity contribution in [3.05, 3.63) is 34.9 Å². The van der Waals surface area contributed by atoms with Crippen LogP contribution in [0.2, 0.25) is 5.02 Å². The minimum Gasteiger partial charge on any atom is -0.419 e. The van der Waals surface area contributed by atoms with Gasteiger partial charge in [-0.2, -0.15) is 0 Å². The van der Waals surface area contributed by atoms with E-state index in [0.717, 1.165) is 6.42 Å². The molecule has 1 unspecified atom stereocenters. The average Bonchev–Trinajstić information content (AvgIpc) is 2.77. The maximum atomic E-state index is 12.9. The van der Waals surface area contributed by atoms with Crippen LogP contribution in [0.25, 0.3) is 11.5 Å². The molecule has 1 aromatic carbocycles. The van der Waals surface area contributed by atoms with E-state index in [1.165, 1.54) is 18.2 Å². The molecule has 0 bridgehead atoms. The van der Waals surface area contributed by atoms with Crippen LogP contribution in [0, 0.1) is 5.82 Å². The molecule has 0 spiro atoms. The summed E-state index contributed by atoms with van der Waals surface area (Å²) in [5.41, 5.74) is 0.530. The van der Waals surface area contributed by atoms with Gasteiger partial charge in [0.1, 0.15) is 5.82 Å². The maximum Gasteiger partial charge on any atom is 0.249 e. The topological polar surface area (TPSA) is 38.9 Å². The largest absolute Gasteiger partial charge is 0.419 e. The predicted octanol–water partition coefficient (Wildman–Crippen LogP) is 4.38. The molecule has 0 aliphatic heterocycles. The lowest BCUT2D eigenvalue weighted by Gasteiger charge is -2.00. The summed E-state index contributed by atoms with van der Waals surface area (Å²) in [6.07, 6.45) is 0.832. The Labute approximate surface area is 111 Å². The molecule has 1 aromatic heterocycles. The third-order valence-electron chi connectivity index (χ3n) is 2.23. The van der Waals surface area contributed by atoms with Crippen LogP contribution in [0.1, 0.15) is 24.1 Å². The van der Waals surface area contributed by atoms with Gasteiger partial charge in [-0.3, -0.25) is 0 Å². The fourth-order valence-electron chi connectivity index (χ4n) is 1.31. The highest BCUT2D eigenvalue weighted by Crippen LogP contribution is 2.31. The first-order valence-electron chi connectivity index (χ1n) is 5.04. The zero-order valence-corrected chi connectivity index (χ0v) is 11.3. The van der Waals surface area contributed by atoms with Crippen molar-refractivity contribution in [1.29, 1.82) is 0 Å². The van der Waals surface area contributed by atoms with Gasteiger partial charge in [0.15, 0.2) is 0 Å². The summed E-state index contributed by atoms with van der Waals surface area (Å²) in [5, 5.41) is 8.06. The Hall–Kier alpha value is -0.940. The van der Waals surface area contributed by atoms with Gasteiger partial charge < -0.3 is 4.42 Å². The number of hydrogen-bond donors (Lipinski definition) is 0. The molecule has 90 valence electrons. The Morgan fingerprint density at radius 2 is 2.24 bits per heavy atom. The molecule has 17 heavy (non-hydrogen) atoms. The van der Waals surface area contributed by atoms with Crippen molar-refractivity contribution in [3.63, 3.8) is 0 Å². The Bertz CT molecular complexity index is 532. The molecule has 1 heterocycles. The summed E-state index contributed by atoms with van der Waals surface area (Å²) in [6, 6.07) is 4.03. The number of halogens is 3. The van der Waals surface area contributed by atoms with Gasteiger partial charge in [0.2, 0.25) is 11.8 Å². The third-order valence-corrected chi connectivity index (χ3v) is 3.58. The summed E-state index contributed by atoms with van der Waals surface area (Å²) in [6.45, 7) is 1.99. The first kappa shape index (κ1) is 12.5. The second-order valence-electron chi connectivity index (χ2n) is 3.45. The monoisotopic (exact) mass is 318 g/mol. The highest BCUT2D eigenvalue weighted by molar-refractivity contribution is 9.09. The normalized spacial score (nSPS) is 12.7. The van der Waals surface area contributed by atoms with Crippen molar-refractivity contribution in [2.45, 2.75) is 18.2 Å². The van der Waals surface area contributed by atoms with Gasteiger partial charge in [-0.25, -0.2) is 4.39 Å². The lowest BCUT2D eigenvalue weighted by molar-refractivity contribution is 0.500. The van der Waals surface area contributed by atoms with Crippen LogP contribution in [0.5, 0.6) is 0 Å². The first-order valence-corrected chi connectivity index (χ1v) is 6.34. The lowest BCUT2D eigenvalue weighted by Crippen LogP contribution is -1.86. The smallest absolute Gasteiger partial charge is 0.249 e. The minimum absolute atomic E-state index is 0.0166. The molecule has 0 radical (unpaired) electrons. The van der Waals surface area contributed by atoms with E-state index < -0.39 is 5.82 Å². The van der Waals surface area contributed by atoms with Crippen molar-refractivity contribution < 1.29 is 8.81 Å². The first-order chi connectivity index (χ1) is 8.11. The molecule has 0 fully saturated rings. The van der Waals surface area contributed by atoms with Gasteiger partial charge in [-0.15, -0.1) is 10.2 Å². The van der Waals surface area contributed by atoms with Crippen LogP contribution >= 0.6 is 27.5 Å². The van der Waals surface area contributed by atoms with Crippen LogP contribution in [0.3, 0.4) is 0 Å². The van der Waals surface area contributed by atoms with Gasteiger partial charge in [0, 0.05) is 0 Å². The molecule has 0 N–H and O–H groups in total. The van der Waals surface area contributed by atoms with E-state index >= 15 is 0 Å². The standard InChI is InChI=1S/C11H9BrClFN2O/c1-2-8(12)11-16-15-10(17-11)7-4-3-6(14)5-9(7)13/h3-5,8H,2H2,1H3. The van der Waals surface area contributed by atoms with Crippen molar-refractivity contribution in [1.82, 2.24) is 10.2 Å². The van der Waals surface area contributed by atoms with Crippen molar-refractivity contribution in [3.8, 4) is 11.5 Å². The van der Waals surface area contributed by atoms with Gasteiger partial charge in [-0.05, 0) is 24.6 Å². The zero-order chi connectivity index (χ0) is 12.4. The summed E-state index contributed by atoms with van der Waals surface area (Å²) >= 11 is 9.32. The predicted molar refractivity (Wildman–Crippen MR) is 66.7 cm³/mol. The quantitative estimate of drug-likeness (QED) is 0.788. The molecular weight excluding hydrogens is 310 g/mol. The van der Waals surface area contributed by atoms with Crippen molar-refractivity contribution in [2.24, 2.45) is 0 Å². The molecule has 2 aromatic rings. The molecular formula is C11H9BrClFN2O. The minimum atomic E-state index is -0.398. The fourth-order valence-corrected chi connectivity index (χ4v) is 1.74. The third kappa shape index (κ3) is 2.66. The molecule has 1 atom stereocenters. The molecule has 3 nitrogen and oxygen atoms in total. The molecule has 6 heteroatoms. The summed E-state index contributed by atoms with van der Waals surface area (Å²) in [5.74, 6) is 0.385. The van der Waals surface area contributed by atoms with Crippen molar-refractivity contribution >= 4 is 27.5 Å².